The van der Waals surface area contributed by atoms with E-state index in [0.717, 1.165) is 5.92 Å². The van der Waals surface area contributed by atoms with Gasteiger partial charge in [-0.15, -0.1) is 0 Å². The molecule has 0 aliphatic carbocycles. The second-order valence-corrected chi connectivity index (χ2v) is 3.95. The molecule has 0 amide bonds. The van der Waals surface area contributed by atoms with Crippen LogP contribution in [0.25, 0.3) is 0 Å². The van der Waals surface area contributed by atoms with Crippen molar-refractivity contribution in [1.29, 1.82) is 0 Å². The van der Waals surface area contributed by atoms with E-state index in [1.54, 1.807) is 0 Å². The third kappa shape index (κ3) is 6.62. The average Bonchev–Trinajstić information content (AvgIpc) is 1.99. The Morgan fingerprint density at radius 1 is 1.17 bits per heavy atom. The molecular weight excluding hydrogens is 148 g/mol. The Morgan fingerprint density at radius 3 is 2.17 bits per heavy atom. The highest BCUT2D eigenvalue weighted by Crippen LogP contribution is 2.10. The molecular formula is C10H24N2. The highest BCUT2D eigenvalue weighted by molar-refractivity contribution is 4.64. The zero-order valence-electron chi connectivity index (χ0n) is 8.93. The van der Waals surface area contributed by atoms with Crippen molar-refractivity contribution in [1.82, 2.24) is 5.32 Å². The molecule has 0 aromatic carbocycles. The summed E-state index contributed by atoms with van der Waals surface area (Å²) in [5.41, 5.74) is 5.62. The third-order valence-corrected chi connectivity index (χ3v) is 2.34. The van der Waals surface area contributed by atoms with Crippen molar-refractivity contribution in [2.45, 2.75) is 59.2 Å². The number of nitrogens with one attached hydrogen (secondary N) is 1. The number of rotatable bonds is 6. The predicted octanol–water partition coefficient (Wildman–Crippen LogP) is 2.10. The number of hydrogen-bond donors (Lipinski definition) is 2. The van der Waals surface area contributed by atoms with Crippen LogP contribution in [0.15, 0.2) is 0 Å². The molecule has 0 bridgehead atoms. The van der Waals surface area contributed by atoms with E-state index in [0.29, 0.717) is 6.04 Å². The van der Waals surface area contributed by atoms with Crippen LogP contribution in [0.4, 0.5) is 0 Å². The predicted molar refractivity (Wildman–Crippen MR) is 54.9 cm³/mol. The van der Waals surface area contributed by atoms with Gasteiger partial charge in [-0.3, -0.25) is 5.32 Å². The van der Waals surface area contributed by atoms with Crippen LogP contribution in [0, 0.1) is 5.92 Å². The summed E-state index contributed by atoms with van der Waals surface area (Å²) in [6.45, 7) is 8.73. The van der Waals surface area contributed by atoms with Crippen LogP contribution in [-0.2, 0) is 0 Å². The second-order valence-electron chi connectivity index (χ2n) is 3.95. The fourth-order valence-electron chi connectivity index (χ4n) is 1.27. The molecule has 3 unspecified atom stereocenters. The number of hydrogen-bond acceptors (Lipinski definition) is 2. The minimum Gasteiger partial charge on any atom is -0.316 e. The molecule has 3 N–H and O–H groups in total. The molecule has 12 heavy (non-hydrogen) atoms. The van der Waals surface area contributed by atoms with Crippen molar-refractivity contribution < 1.29 is 0 Å². The Bertz CT molecular complexity index is 102. The van der Waals surface area contributed by atoms with E-state index in [2.05, 4.69) is 26.1 Å². The Morgan fingerprint density at radius 2 is 1.75 bits per heavy atom. The van der Waals surface area contributed by atoms with Crippen LogP contribution < -0.4 is 11.1 Å². The van der Waals surface area contributed by atoms with Crippen molar-refractivity contribution in [3.8, 4) is 0 Å². The summed E-state index contributed by atoms with van der Waals surface area (Å²) in [5, 5.41) is 3.30. The van der Waals surface area contributed by atoms with E-state index >= 15 is 0 Å². The maximum atomic E-state index is 5.62. The Balaban J connectivity index is 3.36. The standard InChI is InChI=1S/C10H24N2/c1-5-8(2)6-7-9(3)12-10(4)11/h8-10,12H,5-7,11H2,1-4H3. The van der Waals surface area contributed by atoms with Crippen molar-refractivity contribution in [3.05, 3.63) is 0 Å². The summed E-state index contributed by atoms with van der Waals surface area (Å²) in [6, 6.07) is 0.555. The minimum absolute atomic E-state index is 0.122. The first-order valence-corrected chi connectivity index (χ1v) is 5.07. The molecule has 74 valence electrons. The lowest BCUT2D eigenvalue weighted by molar-refractivity contribution is 0.400. The van der Waals surface area contributed by atoms with Gasteiger partial charge in [0.2, 0.25) is 0 Å². The summed E-state index contributed by atoms with van der Waals surface area (Å²) in [5.74, 6) is 0.849. The molecule has 3 atom stereocenters. The molecule has 0 aromatic rings. The first-order chi connectivity index (χ1) is 5.56. The van der Waals surface area contributed by atoms with Gasteiger partial charge in [-0.05, 0) is 32.6 Å². The van der Waals surface area contributed by atoms with E-state index < -0.39 is 0 Å². The van der Waals surface area contributed by atoms with Crippen molar-refractivity contribution in [2.24, 2.45) is 11.7 Å². The molecule has 0 aliphatic heterocycles. The van der Waals surface area contributed by atoms with Gasteiger partial charge in [0.05, 0.1) is 6.17 Å². The monoisotopic (exact) mass is 172 g/mol. The molecule has 0 radical (unpaired) electrons. The molecule has 0 aliphatic rings. The van der Waals surface area contributed by atoms with E-state index in [-0.39, 0.29) is 6.17 Å². The second kappa shape index (κ2) is 6.44. The van der Waals surface area contributed by atoms with Gasteiger partial charge in [0.25, 0.3) is 0 Å². The molecule has 0 rings (SSSR count). The Kier molecular flexibility index (Phi) is 6.39. The quantitative estimate of drug-likeness (QED) is 0.602. The summed E-state index contributed by atoms with van der Waals surface area (Å²) >= 11 is 0. The topological polar surface area (TPSA) is 38.0 Å². The van der Waals surface area contributed by atoms with Crippen LogP contribution in [0.2, 0.25) is 0 Å². The molecule has 0 aromatic heterocycles. The van der Waals surface area contributed by atoms with E-state index in [1.807, 2.05) is 6.92 Å². The summed E-state index contributed by atoms with van der Waals surface area (Å²) in [6.07, 6.45) is 3.94. The first-order valence-electron chi connectivity index (χ1n) is 5.07. The average molecular weight is 172 g/mol. The zero-order chi connectivity index (χ0) is 9.56. The highest BCUT2D eigenvalue weighted by Gasteiger charge is 2.05. The van der Waals surface area contributed by atoms with Crippen LogP contribution in [-0.4, -0.2) is 12.2 Å². The maximum Gasteiger partial charge on any atom is 0.0519 e. The normalized spacial score (nSPS) is 18.8. The molecule has 0 fully saturated rings. The Labute approximate surface area is 76.9 Å². The van der Waals surface area contributed by atoms with Crippen LogP contribution in [0.5, 0.6) is 0 Å². The van der Waals surface area contributed by atoms with Crippen LogP contribution >= 0.6 is 0 Å². The molecule has 0 heterocycles. The summed E-state index contributed by atoms with van der Waals surface area (Å²) in [7, 11) is 0. The lowest BCUT2D eigenvalue weighted by Crippen LogP contribution is -2.40. The zero-order valence-corrected chi connectivity index (χ0v) is 8.93. The smallest absolute Gasteiger partial charge is 0.0519 e. The molecule has 0 spiro atoms. The van der Waals surface area contributed by atoms with Gasteiger partial charge in [0.1, 0.15) is 0 Å². The minimum atomic E-state index is 0.122. The van der Waals surface area contributed by atoms with Crippen molar-refractivity contribution in [3.63, 3.8) is 0 Å². The van der Waals surface area contributed by atoms with Gasteiger partial charge >= 0.3 is 0 Å². The number of nitrogens with two attached hydrogens (primary N) is 1. The van der Waals surface area contributed by atoms with Crippen LogP contribution in [0.1, 0.15) is 47.0 Å². The maximum absolute atomic E-state index is 5.62. The van der Waals surface area contributed by atoms with Gasteiger partial charge in [0.15, 0.2) is 0 Å². The highest BCUT2D eigenvalue weighted by atomic mass is 15.0. The molecule has 0 saturated heterocycles. The Hall–Kier alpha value is -0.0800. The van der Waals surface area contributed by atoms with Crippen molar-refractivity contribution >= 4 is 0 Å². The van der Waals surface area contributed by atoms with Gasteiger partial charge in [0, 0.05) is 6.04 Å². The molecule has 0 saturated carbocycles. The fourth-order valence-corrected chi connectivity index (χ4v) is 1.27. The van der Waals surface area contributed by atoms with E-state index in [4.69, 9.17) is 5.73 Å². The van der Waals surface area contributed by atoms with Crippen molar-refractivity contribution in [2.75, 3.05) is 0 Å². The van der Waals surface area contributed by atoms with Gasteiger partial charge in [-0.2, -0.15) is 0 Å². The van der Waals surface area contributed by atoms with Gasteiger partial charge < -0.3 is 5.73 Å². The van der Waals surface area contributed by atoms with Gasteiger partial charge in [-0.1, -0.05) is 20.3 Å². The summed E-state index contributed by atoms with van der Waals surface area (Å²) < 4.78 is 0. The van der Waals surface area contributed by atoms with E-state index in [1.165, 1.54) is 19.3 Å². The van der Waals surface area contributed by atoms with Gasteiger partial charge in [-0.25, -0.2) is 0 Å². The first kappa shape index (κ1) is 11.9. The lowest BCUT2D eigenvalue weighted by atomic mass is 10.00. The third-order valence-electron chi connectivity index (χ3n) is 2.34. The fraction of sp³-hybridized carbons (Fsp3) is 1.00. The largest absolute Gasteiger partial charge is 0.316 e. The van der Waals surface area contributed by atoms with E-state index in [9.17, 15) is 0 Å². The molecule has 2 nitrogen and oxygen atoms in total. The van der Waals surface area contributed by atoms with Crippen LogP contribution in [0.3, 0.4) is 0 Å². The lowest BCUT2D eigenvalue weighted by Gasteiger charge is -2.18. The summed E-state index contributed by atoms with van der Waals surface area (Å²) in [4.78, 5) is 0. The SMILES string of the molecule is CCC(C)CCC(C)NC(C)N. The molecule has 2 heteroatoms.